The number of methoxy groups -OCH3 is 1. The van der Waals surface area contributed by atoms with Gasteiger partial charge in [-0.15, -0.1) is 0 Å². The second kappa shape index (κ2) is 6.36. The van der Waals surface area contributed by atoms with Crippen molar-refractivity contribution in [3.8, 4) is 5.75 Å². The Morgan fingerprint density at radius 2 is 2.08 bits per heavy atom. The van der Waals surface area contributed by atoms with Gasteiger partial charge in [0.2, 0.25) is 11.9 Å². The van der Waals surface area contributed by atoms with Crippen molar-refractivity contribution in [3.05, 3.63) is 23.9 Å². The number of nitrogens with zero attached hydrogens (tertiary/aromatic N) is 2. The van der Waals surface area contributed by atoms with Gasteiger partial charge in [0.1, 0.15) is 17.3 Å². The maximum Gasteiger partial charge on any atom is 0.404 e. The molecule has 1 aromatic heterocycles. The average molecular weight is 355 g/mol. The lowest BCUT2D eigenvalue weighted by molar-refractivity contribution is -0.168. The second-order valence-corrected chi connectivity index (χ2v) is 5.60. The maximum absolute atomic E-state index is 12.9. The Labute approximate surface area is 141 Å². The molecule has 7 nitrogen and oxygen atoms in total. The number of aromatic nitrogens is 2. The fourth-order valence-electron chi connectivity index (χ4n) is 2.63. The van der Waals surface area contributed by atoms with E-state index in [-0.39, 0.29) is 5.95 Å². The number of benzene rings is 1. The molecule has 1 aliphatic rings. The van der Waals surface area contributed by atoms with E-state index in [4.69, 9.17) is 4.74 Å². The first-order valence-electron chi connectivity index (χ1n) is 7.48. The van der Waals surface area contributed by atoms with Crippen molar-refractivity contribution in [2.75, 3.05) is 12.4 Å². The number of nitrogens with one attached hydrogen (secondary N) is 3. The normalized spacial score (nSPS) is 21.1. The van der Waals surface area contributed by atoms with E-state index in [0.29, 0.717) is 17.0 Å². The van der Waals surface area contributed by atoms with E-state index >= 15 is 0 Å². The number of halogens is 3. The number of hydrogen-bond acceptors (Lipinski definition) is 6. The molecule has 10 heteroatoms. The number of carbonyl (C=O) groups excluding carboxylic acids is 1. The van der Waals surface area contributed by atoms with Crippen LogP contribution in [0.3, 0.4) is 0 Å². The molecule has 0 aliphatic carbocycles. The van der Waals surface area contributed by atoms with E-state index in [1.54, 1.807) is 19.1 Å². The number of rotatable bonds is 3. The van der Waals surface area contributed by atoms with Gasteiger partial charge in [0.15, 0.2) is 6.29 Å². The van der Waals surface area contributed by atoms with Crippen molar-refractivity contribution in [1.29, 1.82) is 0 Å². The molecule has 3 N–H and O–H groups in total. The van der Waals surface area contributed by atoms with Crippen LogP contribution in [0.25, 0.3) is 10.9 Å². The maximum atomic E-state index is 12.9. The highest BCUT2D eigenvalue weighted by Crippen LogP contribution is 2.27. The number of ether oxygens (including phenoxy) is 1. The van der Waals surface area contributed by atoms with Crippen LogP contribution in [0.15, 0.2) is 18.2 Å². The number of carbonyl (C=O) groups is 1. The van der Waals surface area contributed by atoms with Crippen molar-refractivity contribution >= 4 is 22.8 Å². The second-order valence-electron chi connectivity index (χ2n) is 5.60. The molecule has 2 unspecified atom stereocenters. The van der Waals surface area contributed by atoms with Crippen LogP contribution in [0.4, 0.5) is 19.1 Å². The fraction of sp³-hybridized carbons (Fsp3) is 0.400. The Kier molecular flexibility index (Phi) is 4.38. The number of alkyl halides is 3. The molecular weight excluding hydrogens is 339 g/mol. The van der Waals surface area contributed by atoms with Gasteiger partial charge in [0, 0.05) is 5.39 Å². The van der Waals surface area contributed by atoms with Gasteiger partial charge >= 0.3 is 6.18 Å². The van der Waals surface area contributed by atoms with Crippen LogP contribution < -0.4 is 20.7 Å². The first-order chi connectivity index (χ1) is 11.8. The third-order valence-corrected chi connectivity index (χ3v) is 3.83. The van der Waals surface area contributed by atoms with Crippen LogP contribution in [0.2, 0.25) is 0 Å². The summed E-state index contributed by atoms with van der Waals surface area (Å²) in [5.74, 6) is -0.122. The molecule has 2 heterocycles. The topological polar surface area (TPSA) is 88.2 Å². The summed E-state index contributed by atoms with van der Waals surface area (Å²) in [6.07, 6.45) is -6.34. The minimum absolute atomic E-state index is 0.0788. The predicted molar refractivity (Wildman–Crippen MR) is 84.0 cm³/mol. The highest BCUT2D eigenvalue weighted by Gasteiger charge is 2.44. The van der Waals surface area contributed by atoms with Gasteiger partial charge < -0.3 is 15.4 Å². The van der Waals surface area contributed by atoms with Crippen molar-refractivity contribution < 1.29 is 22.7 Å². The number of amides is 1. The molecule has 1 aromatic carbocycles. The lowest BCUT2D eigenvalue weighted by Gasteiger charge is -2.32. The molecular formula is C15H16F3N5O2. The number of para-hydroxylation sites is 1. The summed E-state index contributed by atoms with van der Waals surface area (Å²) in [5, 5.41) is 8.12. The molecule has 0 radical (unpaired) electrons. The molecule has 2 atom stereocenters. The zero-order valence-electron chi connectivity index (χ0n) is 13.4. The molecule has 3 rings (SSSR count). The Morgan fingerprint density at radius 3 is 2.76 bits per heavy atom. The van der Waals surface area contributed by atoms with Crippen LogP contribution in [-0.2, 0) is 4.79 Å². The third-order valence-electron chi connectivity index (χ3n) is 3.83. The molecule has 25 heavy (non-hydrogen) atoms. The van der Waals surface area contributed by atoms with E-state index in [1.165, 1.54) is 7.11 Å². The summed E-state index contributed by atoms with van der Waals surface area (Å²) in [7, 11) is 1.50. The van der Waals surface area contributed by atoms with Gasteiger partial charge in [-0.1, -0.05) is 12.1 Å². The molecule has 1 saturated heterocycles. The first-order valence-corrected chi connectivity index (χ1v) is 7.48. The lowest BCUT2D eigenvalue weighted by Crippen LogP contribution is -2.63. The monoisotopic (exact) mass is 355 g/mol. The minimum atomic E-state index is -4.53. The van der Waals surface area contributed by atoms with Crippen molar-refractivity contribution in [3.63, 3.8) is 0 Å². The van der Waals surface area contributed by atoms with Gasteiger partial charge in [-0.05, 0) is 13.0 Å². The lowest BCUT2D eigenvalue weighted by atomic mass is 10.1. The van der Waals surface area contributed by atoms with E-state index in [2.05, 4.69) is 25.9 Å². The van der Waals surface area contributed by atoms with Crippen LogP contribution in [0, 0.1) is 6.92 Å². The third kappa shape index (κ3) is 3.58. The fourth-order valence-corrected chi connectivity index (χ4v) is 2.63. The molecule has 0 bridgehead atoms. The zero-order chi connectivity index (χ0) is 18.2. The number of hydrogen-bond donors (Lipinski definition) is 3. The van der Waals surface area contributed by atoms with E-state index in [9.17, 15) is 18.0 Å². The van der Waals surface area contributed by atoms with Crippen LogP contribution in [-0.4, -0.2) is 41.5 Å². The summed E-state index contributed by atoms with van der Waals surface area (Å²) >= 11 is 0. The quantitative estimate of drug-likeness (QED) is 0.777. The minimum Gasteiger partial charge on any atom is -0.494 e. The van der Waals surface area contributed by atoms with Gasteiger partial charge in [-0.3, -0.25) is 10.1 Å². The van der Waals surface area contributed by atoms with Crippen molar-refractivity contribution in [1.82, 2.24) is 20.6 Å². The van der Waals surface area contributed by atoms with E-state index < -0.39 is 30.8 Å². The first kappa shape index (κ1) is 17.2. The molecule has 1 aliphatic heterocycles. The molecule has 1 amide bonds. The molecule has 0 saturated carbocycles. The summed E-state index contributed by atoms with van der Waals surface area (Å²) in [6.45, 7) is 1.75. The highest BCUT2D eigenvalue weighted by atomic mass is 19.4. The summed E-state index contributed by atoms with van der Waals surface area (Å²) in [5.41, 5.74) is 1.15. The van der Waals surface area contributed by atoms with E-state index in [1.807, 2.05) is 6.07 Å². The van der Waals surface area contributed by atoms with Gasteiger partial charge in [-0.2, -0.15) is 13.2 Å². The van der Waals surface area contributed by atoms with E-state index in [0.717, 1.165) is 5.39 Å². The summed E-state index contributed by atoms with van der Waals surface area (Å²) < 4.78 is 43.9. The molecule has 0 spiro atoms. The van der Waals surface area contributed by atoms with Crippen molar-refractivity contribution in [2.24, 2.45) is 0 Å². The van der Waals surface area contributed by atoms with Gasteiger partial charge in [-0.25, -0.2) is 9.97 Å². The Hall–Kier alpha value is -2.62. The molecule has 1 fully saturated rings. The van der Waals surface area contributed by atoms with Gasteiger partial charge in [0.25, 0.3) is 0 Å². The Bertz CT molecular complexity index is 812. The molecule has 2 aromatic rings. The Balaban J connectivity index is 1.88. The summed E-state index contributed by atoms with van der Waals surface area (Å²) in [4.78, 5) is 20.1. The zero-order valence-corrected chi connectivity index (χ0v) is 13.4. The van der Waals surface area contributed by atoms with Crippen LogP contribution in [0.1, 0.15) is 12.1 Å². The standard InChI is InChI=1S/C15H16F3N5O2/c1-7-8-4-3-5-9(25-2)12(8)22-13(19-7)23-14-20-10(15(16,17)18)6-11(24)21-14/h3-5,10,14,20H,6H2,1-2H3,(H,21,24)(H,19,22,23). The number of anilines is 1. The smallest absolute Gasteiger partial charge is 0.404 e. The molecule has 134 valence electrons. The number of fused-ring (bicyclic) bond motifs is 1. The largest absolute Gasteiger partial charge is 0.494 e. The average Bonchev–Trinajstić information content (AvgIpc) is 2.53. The SMILES string of the molecule is COc1cccc2c(C)nc(NC3NC(=O)CC(C(F)(F)F)N3)nc12. The Morgan fingerprint density at radius 1 is 1.32 bits per heavy atom. The van der Waals surface area contributed by atoms with Gasteiger partial charge in [0.05, 0.1) is 19.2 Å². The number of aryl methyl sites for hydroxylation is 1. The predicted octanol–water partition coefficient (Wildman–Crippen LogP) is 1.68. The summed E-state index contributed by atoms with van der Waals surface area (Å²) in [6, 6.07) is 3.40. The highest BCUT2D eigenvalue weighted by molar-refractivity contribution is 5.87. The van der Waals surface area contributed by atoms with Crippen LogP contribution >= 0.6 is 0 Å². The van der Waals surface area contributed by atoms with Crippen molar-refractivity contribution in [2.45, 2.75) is 31.9 Å². The van der Waals surface area contributed by atoms with Crippen LogP contribution in [0.5, 0.6) is 5.75 Å².